The van der Waals surface area contributed by atoms with Crippen LogP contribution in [0.1, 0.15) is 50.8 Å². The van der Waals surface area contributed by atoms with Crippen molar-refractivity contribution in [2.75, 3.05) is 24.7 Å². The Hall–Kier alpha value is -4.57. The SMILES string of the molecule is CCCCOc1cccc(/C(O)=C2\C(=O)C(=O)N(c3nc4ccc(OCC)cc4s3)C2c2ccc(O)c(OCC)c2)c1. The van der Waals surface area contributed by atoms with Gasteiger partial charge in [-0.2, -0.15) is 0 Å². The number of Topliss-reactive ketones (excluding diaryl/α,β-unsaturated/α-hetero) is 1. The van der Waals surface area contributed by atoms with Crippen LogP contribution in [-0.2, 0) is 9.59 Å². The summed E-state index contributed by atoms with van der Waals surface area (Å²) in [5.74, 6) is -0.706. The first-order chi connectivity index (χ1) is 20.4. The summed E-state index contributed by atoms with van der Waals surface area (Å²) in [6, 6.07) is 15.8. The molecule has 1 aliphatic rings. The van der Waals surface area contributed by atoms with E-state index in [0.29, 0.717) is 48.0 Å². The van der Waals surface area contributed by atoms with Crippen molar-refractivity contribution in [1.29, 1.82) is 0 Å². The predicted molar refractivity (Wildman–Crippen MR) is 162 cm³/mol. The number of aromatic hydroxyl groups is 1. The van der Waals surface area contributed by atoms with E-state index in [2.05, 4.69) is 11.9 Å². The van der Waals surface area contributed by atoms with Crippen LogP contribution in [0.5, 0.6) is 23.0 Å². The van der Waals surface area contributed by atoms with Crippen LogP contribution in [0.25, 0.3) is 16.0 Å². The van der Waals surface area contributed by atoms with Crippen molar-refractivity contribution in [3.63, 3.8) is 0 Å². The highest BCUT2D eigenvalue weighted by atomic mass is 32.1. The number of carbonyl (C=O) groups is 2. The Balaban J connectivity index is 1.66. The van der Waals surface area contributed by atoms with Crippen molar-refractivity contribution >= 4 is 44.1 Å². The van der Waals surface area contributed by atoms with Gasteiger partial charge in [-0.25, -0.2) is 4.98 Å². The molecule has 1 aromatic heterocycles. The van der Waals surface area contributed by atoms with Gasteiger partial charge in [-0.05, 0) is 68.3 Å². The smallest absolute Gasteiger partial charge is 0.301 e. The van der Waals surface area contributed by atoms with Gasteiger partial charge in [0.1, 0.15) is 17.3 Å². The van der Waals surface area contributed by atoms with Gasteiger partial charge in [0.2, 0.25) is 0 Å². The van der Waals surface area contributed by atoms with Crippen LogP contribution < -0.4 is 19.1 Å². The topological polar surface area (TPSA) is 118 Å². The Kier molecular flexibility index (Phi) is 8.63. The first-order valence-electron chi connectivity index (χ1n) is 13.9. The number of thiazole rings is 1. The molecule has 9 nitrogen and oxygen atoms in total. The minimum Gasteiger partial charge on any atom is -0.507 e. The molecule has 2 N–H and O–H groups in total. The van der Waals surface area contributed by atoms with Crippen LogP contribution in [0.15, 0.2) is 66.2 Å². The summed E-state index contributed by atoms with van der Waals surface area (Å²) in [5, 5.41) is 22.2. The Labute approximate surface area is 247 Å². The van der Waals surface area contributed by atoms with Gasteiger partial charge in [0.05, 0.1) is 41.7 Å². The first kappa shape index (κ1) is 28.9. The van der Waals surface area contributed by atoms with Gasteiger partial charge < -0.3 is 24.4 Å². The second kappa shape index (κ2) is 12.5. The molecule has 218 valence electrons. The van der Waals surface area contributed by atoms with Crippen LogP contribution in [0.3, 0.4) is 0 Å². The lowest BCUT2D eigenvalue weighted by molar-refractivity contribution is -0.132. The zero-order valence-electron chi connectivity index (χ0n) is 23.6. The Morgan fingerprint density at radius 3 is 2.50 bits per heavy atom. The maximum atomic E-state index is 13.7. The molecule has 42 heavy (non-hydrogen) atoms. The Morgan fingerprint density at radius 1 is 0.952 bits per heavy atom. The summed E-state index contributed by atoms with van der Waals surface area (Å²) in [7, 11) is 0. The van der Waals surface area contributed by atoms with Crippen LogP contribution >= 0.6 is 11.3 Å². The van der Waals surface area contributed by atoms with Gasteiger partial charge in [0.25, 0.3) is 5.78 Å². The van der Waals surface area contributed by atoms with E-state index in [1.165, 1.54) is 22.3 Å². The van der Waals surface area contributed by atoms with Gasteiger partial charge in [0, 0.05) is 5.56 Å². The summed E-state index contributed by atoms with van der Waals surface area (Å²) < 4.78 is 17.8. The fourth-order valence-electron chi connectivity index (χ4n) is 4.79. The number of rotatable bonds is 11. The van der Waals surface area contributed by atoms with Gasteiger partial charge >= 0.3 is 5.91 Å². The fourth-order valence-corrected chi connectivity index (χ4v) is 5.81. The summed E-state index contributed by atoms with van der Waals surface area (Å²) in [6.45, 7) is 7.05. The van der Waals surface area contributed by atoms with Crippen molar-refractivity contribution in [2.24, 2.45) is 0 Å². The number of ether oxygens (including phenoxy) is 3. The molecule has 1 atom stereocenters. The van der Waals surface area contributed by atoms with Crippen LogP contribution in [0, 0.1) is 0 Å². The van der Waals surface area contributed by atoms with E-state index in [0.717, 1.165) is 17.5 Å². The number of ketones is 1. The first-order valence-corrected chi connectivity index (χ1v) is 14.7. The third-order valence-electron chi connectivity index (χ3n) is 6.78. The lowest BCUT2D eigenvalue weighted by Crippen LogP contribution is -2.29. The number of benzene rings is 3. The van der Waals surface area contributed by atoms with E-state index in [4.69, 9.17) is 14.2 Å². The zero-order valence-corrected chi connectivity index (χ0v) is 24.4. The number of carbonyl (C=O) groups excluding carboxylic acids is 2. The van der Waals surface area contributed by atoms with Crippen molar-refractivity contribution in [3.05, 3.63) is 77.4 Å². The molecule has 0 aliphatic carbocycles. The van der Waals surface area contributed by atoms with E-state index < -0.39 is 17.7 Å². The number of nitrogens with zero attached hydrogens (tertiary/aromatic N) is 2. The van der Waals surface area contributed by atoms with Gasteiger partial charge in [-0.1, -0.05) is 42.9 Å². The number of anilines is 1. The molecule has 3 aromatic carbocycles. The molecule has 1 fully saturated rings. The maximum absolute atomic E-state index is 13.7. The number of amides is 1. The number of phenolic OH excluding ortho intramolecular Hbond substituents is 1. The summed E-state index contributed by atoms with van der Waals surface area (Å²) >= 11 is 1.24. The number of aliphatic hydroxyl groups excluding tert-OH is 1. The molecule has 1 unspecified atom stereocenters. The highest BCUT2D eigenvalue weighted by Crippen LogP contribution is 2.46. The van der Waals surface area contributed by atoms with Crippen LogP contribution in [-0.4, -0.2) is 46.7 Å². The summed E-state index contributed by atoms with van der Waals surface area (Å²) in [5.41, 5.74) is 1.33. The maximum Gasteiger partial charge on any atom is 0.301 e. The third kappa shape index (κ3) is 5.62. The van der Waals surface area contributed by atoms with Crippen LogP contribution in [0.4, 0.5) is 5.13 Å². The molecule has 1 saturated heterocycles. The van der Waals surface area contributed by atoms with E-state index >= 15 is 0 Å². The number of fused-ring (bicyclic) bond motifs is 1. The molecule has 0 bridgehead atoms. The zero-order chi connectivity index (χ0) is 29.8. The lowest BCUT2D eigenvalue weighted by Gasteiger charge is -2.23. The van der Waals surface area contributed by atoms with Gasteiger partial charge in [0.15, 0.2) is 16.6 Å². The molecular formula is C32H32N2O7S. The monoisotopic (exact) mass is 588 g/mol. The summed E-state index contributed by atoms with van der Waals surface area (Å²) in [4.78, 5) is 33.3. The quantitative estimate of drug-likeness (QED) is 0.0870. The number of hydrogen-bond donors (Lipinski definition) is 2. The third-order valence-corrected chi connectivity index (χ3v) is 7.80. The predicted octanol–water partition coefficient (Wildman–Crippen LogP) is 6.60. The van der Waals surface area contributed by atoms with Gasteiger partial charge in [-0.15, -0.1) is 0 Å². The van der Waals surface area contributed by atoms with E-state index in [-0.39, 0.29) is 28.0 Å². The number of aromatic nitrogens is 1. The lowest BCUT2D eigenvalue weighted by atomic mass is 9.95. The normalized spacial score (nSPS) is 16.3. The standard InChI is InChI=1S/C32H32N2O7S/c1-4-7-15-41-21-10-8-9-20(16-21)29(36)27-28(19-11-14-24(35)25(17-19)40-6-3)34(31(38)30(27)37)32-33-23-13-12-22(39-5-2)18-26(23)42-32/h8-14,16-18,28,35-36H,4-7,15H2,1-3H3/b29-27+. The average molecular weight is 589 g/mol. The minimum absolute atomic E-state index is 0.0853. The minimum atomic E-state index is -1.04. The van der Waals surface area contributed by atoms with Crippen molar-refractivity contribution in [1.82, 2.24) is 4.98 Å². The van der Waals surface area contributed by atoms with E-state index in [9.17, 15) is 19.8 Å². The Morgan fingerprint density at radius 2 is 1.74 bits per heavy atom. The largest absolute Gasteiger partial charge is 0.507 e. The highest BCUT2D eigenvalue weighted by molar-refractivity contribution is 7.22. The van der Waals surface area contributed by atoms with Crippen molar-refractivity contribution in [2.45, 2.75) is 39.7 Å². The highest BCUT2D eigenvalue weighted by Gasteiger charge is 2.48. The van der Waals surface area contributed by atoms with E-state index in [1.807, 2.05) is 13.0 Å². The number of hydrogen-bond acceptors (Lipinski definition) is 9. The molecule has 0 radical (unpaired) electrons. The molecule has 1 aliphatic heterocycles. The van der Waals surface area contributed by atoms with Crippen LogP contribution in [0.2, 0.25) is 0 Å². The number of phenols is 1. The molecule has 10 heteroatoms. The fraction of sp³-hybridized carbons (Fsp3) is 0.281. The number of aliphatic hydroxyl groups is 1. The molecular weight excluding hydrogens is 556 g/mol. The molecule has 1 amide bonds. The van der Waals surface area contributed by atoms with E-state index in [1.54, 1.807) is 55.5 Å². The summed E-state index contributed by atoms with van der Waals surface area (Å²) in [6.07, 6.45) is 1.84. The molecule has 5 rings (SSSR count). The molecule has 0 spiro atoms. The average Bonchev–Trinajstić information content (AvgIpc) is 3.52. The second-order valence-electron chi connectivity index (χ2n) is 9.62. The number of unbranched alkanes of at least 4 members (excludes halogenated alkanes) is 1. The molecule has 4 aromatic rings. The van der Waals surface area contributed by atoms with Crippen molar-refractivity contribution in [3.8, 4) is 23.0 Å². The van der Waals surface area contributed by atoms with Gasteiger partial charge in [-0.3, -0.25) is 14.5 Å². The second-order valence-corrected chi connectivity index (χ2v) is 10.6. The molecule has 2 heterocycles. The Bertz CT molecular complexity index is 1660. The molecule has 0 saturated carbocycles. The van der Waals surface area contributed by atoms with Crippen molar-refractivity contribution < 1.29 is 34.0 Å².